The van der Waals surface area contributed by atoms with Gasteiger partial charge in [0.2, 0.25) is 0 Å². The zero-order chi connectivity index (χ0) is 14.2. The van der Waals surface area contributed by atoms with E-state index in [2.05, 4.69) is 10.4 Å². The second-order valence-electron chi connectivity index (χ2n) is 4.41. The average molecular weight is 278 g/mol. The third-order valence-corrected chi connectivity index (χ3v) is 3.05. The van der Waals surface area contributed by atoms with Crippen molar-refractivity contribution in [2.24, 2.45) is 12.8 Å². The summed E-state index contributed by atoms with van der Waals surface area (Å²) in [6.07, 6.45) is 0. The van der Waals surface area contributed by atoms with Crippen molar-refractivity contribution in [1.82, 2.24) is 9.78 Å². The largest absolute Gasteiger partial charge is 0.389 e. The van der Waals surface area contributed by atoms with Crippen LogP contribution in [0.15, 0.2) is 18.2 Å². The molecule has 0 saturated carbocycles. The summed E-state index contributed by atoms with van der Waals surface area (Å²) in [6.45, 7) is 3.65. The van der Waals surface area contributed by atoms with Crippen LogP contribution in [0.4, 0.5) is 15.9 Å². The van der Waals surface area contributed by atoms with Gasteiger partial charge in [-0.25, -0.2) is 4.39 Å². The van der Waals surface area contributed by atoms with Crippen LogP contribution in [0.2, 0.25) is 0 Å². The van der Waals surface area contributed by atoms with Crippen LogP contribution in [-0.4, -0.2) is 14.8 Å². The molecule has 19 heavy (non-hydrogen) atoms. The monoisotopic (exact) mass is 278 g/mol. The number of hydrogen-bond acceptors (Lipinski definition) is 3. The van der Waals surface area contributed by atoms with E-state index in [1.165, 1.54) is 6.07 Å². The fourth-order valence-electron chi connectivity index (χ4n) is 1.95. The summed E-state index contributed by atoms with van der Waals surface area (Å²) in [5.41, 5.74) is 8.27. The van der Waals surface area contributed by atoms with Gasteiger partial charge >= 0.3 is 0 Å². The van der Waals surface area contributed by atoms with E-state index < -0.39 is 0 Å². The highest BCUT2D eigenvalue weighted by molar-refractivity contribution is 7.80. The molecule has 0 amide bonds. The molecule has 1 aromatic heterocycles. The summed E-state index contributed by atoms with van der Waals surface area (Å²) < 4.78 is 15.5. The number of hydrogen-bond donors (Lipinski definition) is 2. The summed E-state index contributed by atoms with van der Waals surface area (Å²) in [7, 11) is 1.75. The number of halogens is 1. The number of thiocarbonyl (C=S) groups is 1. The number of nitrogens with two attached hydrogens (primary N) is 1. The number of nitrogens with one attached hydrogen (secondary N) is 1. The van der Waals surface area contributed by atoms with Crippen molar-refractivity contribution in [2.75, 3.05) is 5.32 Å². The zero-order valence-corrected chi connectivity index (χ0v) is 11.8. The van der Waals surface area contributed by atoms with Gasteiger partial charge in [-0.1, -0.05) is 18.3 Å². The fraction of sp³-hybridized carbons (Fsp3) is 0.231. The molecule has 100 valence electrons. The number of nitrogens with zero attached hydrogens (tertiary/aromatic N) is 2. The van der Waals surface area contributed by atoms with E-state index in [0.717, 1.165) is 5.56 Å². The molecular formula is C13H15FN4S. The van der Waals surface area contributed by atoms with Gasteiger partial charge in [-0.05, 0) is 31.5 Å². The number of aromatic nitrogens is 2. The maximum Gasteiger partial charge on any atom is 0.146 e. The van der Waals surface area contributed by atoms with E-state index in [1.54, 1.807) is 17.8 Å². The number of rotatable bonds is 3. The lowest BCUT2D eigenvalue weighted by Gasteiger charge is -2.10. The summed E-state index contributed by atoms with van der Waals surface area (Å²) in [4.78, 5) is 0.237. The van der Waals surface area contributed by atoms with Crippen LogP contribution in [0, 0.1) is 19.7 Å². The Morgan fingerprint density at radius 2 is 2.11 bits per heavy atom. The SMILES string of the molecule is Cc1ccc(Nc2c(C(N)=S)c(C)nn2C)c(F)c1. The predicted octanol–water partition coefficient (Wildman–Crippen LogP) is 2.55. The molecule has 1 heterocycles. The van der Waals surface area contributed by atoms with Crippen molar-refractivity contribution in [3.05, 3.63) is 40.8 Å². The molecule has 0 atom stereocenters. The second-order valence-corrected chi connectivity index (χ2v) is 4.85. The van der Waals surface area contributed by atoms with Crippen LogP contribution < -0.4 is 11.1 Å². The highest BCUT2D eigenvalue weighted by Crippen LogP contribution is 2.25. The van der Waals surface area contributed by atoms with E-state index in [9.17, 15) is 4.39 Å². The molecule has 6 heteroatoms. The molecular weight excluding hydrogens is 263 g/mol. The van der Waals surface area contributed by atoms with Crippen molar-refractivity contribution >= 4 is 28.7 Å². The molecule has 0 saturated heterocycles. The van der Waals surface area contributed by atoms with Gasteiger partial charge in [0.15, 0.2) is 0 Å². The first kappa shape index (κ1) is 13.5. The third kappa shape index (κ3) is 2.58. The van der Waals surface area contributed by atoms with E-state index >= 15 is 0 Å². The first-order valence-electron chi connectivity index (χ1n) is 5.76. The first-order chi connectivity index (χ1) is 8.90. The van der Waals surface area contributed by atoms with E-state index in [0.29, 0.717) is 22.8 Å². The molecule has 3 N–H and O–H groups in total. The van der Waals surface area contributed by atoms with Crippen molar-refractivity contribution in [3.8, 4) is 0 Å². The Morgan fingerprint density at radius 3 is 2.68 bits per heavy atom. The molecule has 0 radical (unpaired) electrons. The van der Waals surface area contributed by atoms with Crippen molar-refractivity contribution in [3.63, 3.8) is 0 Å². The molecule has 4 nitrogen and oxygen atoms in total. The molecule has 2 aromatic rings. The number of aryl methyl sites for hydroxylation is 3. The summed E-state index contributed by atoms with van der Waals surface area (Å²) in [5, 5.41) is 7.24. The average Bonchev–Trinajstić information content (AvgIpc) is 2.57. The van der Waals surface area contributed by atoms with Gasteiger partial charge in [0, 0.05) is 7.05 Å². The Hall–Kier alpha value is -1.95. The van der Waals surface area contributed by atoms with Crippen LogP contribution in [0.3, 0.4) is 0 Å². The maximum atomic E-state index is 13.9. The van der Waals surface area contributed by atoms with Gasteiger partial charge in [-0.3, -0.25) is 4.68 Å². The number of anilines is 2. The highest BCUT2D eigenvalue weighted by Gasteiger charge is 2.16. The Bertz CT molecular complexity index is 648. The molecule has 0 aliphatic heterocycles. The predicted molar refractivity (Wildman–Crippen MR) is 78.3 cm³/mol. The molecule has 0 spiro atoms. The minimum Gasteiger partial charge on any atom is -0.389 e. The minimum atomic E-state index is -0.326. The van der Waals surface area contributed by atoms with Crippen LogP contribution in [0.1, 0.15) is 16.8 Å². The maximum absolute atomic E-state index is 13.9. The lowest BCUT2D eigenvalue weighted by atomic mass is 10.2. The quantitative estimate of drug-likeness (QED) is 0.847. The fourth-order valence-corrected chi connectivity index (χ4v) is 2.19. The lowest BCUT2D eigenvalue weighted by molar-refractivity contribution is 0.630. The molecule has 0 fully saturated rings. The summed E-state index contributed by atoms with van der Waals surface area (Å²) in [5.74, 6) is 0.264. The van der Waals surface area contributed by atoms with Crippen molar-refractivity contribution in [2.45, 2.75) is 13.8 Å². The van der Waals surface area contributed by atoms with E-state index in [-0.39, 0.29) is 10.8 Å². The van der Waals surface area contributed by atoms with Gasteiger partial charge in [-0.15, -0.1) is 0 Å². The summed E-state index contributed by atoms with van der Waals surface area (Å²) >= 11 is 5.01. The Kier molecular flexibility index (Phi) is 3.53. The highest BCUT2D eigenvalue weighted by atomic mass is 32.1. The van der Waals surface area contributed by atoms with Crippen molar-refractivity contribution in [1.29, 1.82) is 0 Å². The van der Waals surface area contributed by atoms with Crippen LogP contribution >= 0.6 is 12.2 Å². The zero-order valence-electron chi connectivity index (χ0n) is 11.0. The van der Waals surface area contributed by atoms with Crippen LogP contribution in [-0.2, 0) is 7.05 Å². The number of benzene rings is 1. The van der Waals surface area contributed by atoms with E-state index in [4.69, 9.17) is 18.0 Å². The topological polar surface area (TPSA) is 55.9 Å². The molecule has 0 aliphatic rings. The Labute approximate surface area is 116 Å². The molecule has 1 aromatic carbocycles. The van der Waals surface area contributed by atoms with Gasteiger partial charge in [-0.2, -0.15) is 5.10 Å². The Morgan fingerprint density at radius 1 is 1.42 bits per heavy atom. The Balaban J connectivity index is 2.46. The summed E-state index contributed by atoms with van der Waals surface area (Å²) in [6, 6.07) is 4.97. The first-order valence-corrected chi connectivity index (χ1v) is 6.17. The molecule has 0 unspecified atom stereocenters. The van der Waals surface area contributed by atoms with Crippen LogP contribution in [0.5, 0.6) is 0 Å². The second kappa shape index (κ2) is 4.97. The van der Waals surface area contributed by atoms with E-state index in [1.807, 2.05) is 19.9 Å². The van der Waals surface area contributed by atoms with Gasteiger partial charge < -0.3 is 11.1 Å². The molecule has 0 bridgehead atoms. The van der Waals surface area contributed by atoms with Gasteiger partial charge in [0.05, 0.1) is 16.9 Å². The minimum absolute atomic E-state index is 0.237. The smallest absolute Gasteiger partial charge is 0.146 e. The van der Waals surface area contributed by atoms with Gasteiger partial charge in [0.25, 0.3) is 0 Å². The lowest BCUT2D eigenvalue weighted by Crippen LogP contribution is -2.13. The van der Waals surface area contributed by atoms with Crippen LogP contribution in [0.25, 0.3) is 0 Å². The normalized spacial score (nSPS) is 10.5. The molecule has 0 aliphatic carbocycles. The third-order valence-electron chi connectivity index (χ3n) is 2.85. The standard InChI is InChI=1S/C13H15FN4S/c1-7-4-5-10(9(14)6-7)16-13-11(12(15)19)8(2)17-18(13)3/h4-6,16H,1-3H3,(H2,15,19). The molecule has 2 rings (SSSR count). The van der Waals surface area contributed by atoms with Gasteiger partial charge in [0.1, 0.15) is 16.6 Å². The van der Waals surface area contributed by atoms with Crippen molar-refractivity contribution < 1.29 is 4.39 Å².